The van der Waals surface area contributed by atoms with Crippen LogP contribution in [0.15, 0.2) is 24.4 Å². The summed E-state index contributed by atoms with van der Waals surface area (Å²) in [4.78, 5) is 15.6. The maximum absolute atomic E-state index is 11.4. The van der Waals surface area contributed by atoms with Crippen LogP contribution < -0.4 is 4.74 Å². The molecule has 0 aliphatic carbocycles. The van der Waals surface area contributed by atoms with Gasteiger partial charge in [-0.1, -0.05) is 11.6 Å². The van der Waals surface area contributed by atoms with Crippen molar-refractivity contribution < 1.29 is 14.3 Å². The summed E-state index contributed by atoms with van der Waals surface area (Å²) < 4.78 is 12.0. The molecule has 0 amide bonds. The van der Waals surface area contributed by atoms with Crippen LogP contribution in [-0.2, 0) is 11.3 Å². The lowest BCUT2D eigenvalue weighted by atomic mass is 10.2. The van der Waals surface area contributed by atoms with Gasteiger partial charge in [0.2, 0.25) is 0 Å². The van der Waals surface area contributed by atoms with Crippen molar-refractivity contribution in [3.8, 4) is 11.4 Å². The minimum absolute atomic E-state index is 0.254. The van der Waals surface area contributed by atoms with E-state index in [0.29, 0.717) is 23.2 Å². The Labute approximate surface area is 108 Å². The van der Waals surface area contributed by atoms with Gasteiger partial charge in [0.15, 0.2) is 11.5 Å². The molecule has 92 valence electrons. The normalized spacial score (nSPS) is 12.3. The fourth-order valence-corrected chi connectivity index (χ4v) is 2.04. The molecule has 1 aliphatic heterocycles. The third kappa shape index (κ3) is 1.64. The van der Waals surface area contributed by atoms with Crippen LogP contribution in [0.3, 0.4) is 0 Å². The molecule has 1 aliphatic rings. The average Bonchev–Trinajstić information content (AvgIpc) is 2.82. The van der Waals surface area contributed by atoms with E-state index in [2.05, 4.69) is 9.72 Å². The Balaban J connectivity index is 2.14. The van der Waals surface area contributed by atoms with Crippen molar-refractivity contribution in [2.45, 2.75) is 6.61 Å². The molecule has 0 bridgehead atoms. The fraction of sp³-hybridized carbons (Fsp3) is 0.167. The number of carbonyl (C=O) groups excluding carboxylic acids is 1. The molecule has 6 heteroatoms. The highest BCUT2D eigenvalue weighted by atomic mass is 35.5. The Morgan fingerprint density at radius 1 is 1.56 bits per heavy atom. The van der Waals surface area contributed by atoms with Crippen LogP contribution in [0.25, 0.3) is 5.69 Å². The van der Waals surface area contributed by atoms with E-state index in [1.807, 2.05) is 0 Å². The van der Waals surface area contributed by atoms with Crippen LogP contribution in [0.2, 0.25) is 5.02 Å². The van der Waals surface area contributed by atoms with Crippen molar-refractivity contribution in [3.63, 3.8) is 0 Å². The van der Waals surface area contributed by atoms with E-state index < -0.39 is 5.97 Å². The lowest BCUT2D eigenvalue weighted by molar-refractivity contribution is 0.0594. The lowest BCUT2D eigenvalue weighted by Crippen LogP contribution is -2.12. The number of carbonyl (C=O) groups is 1. The third-order valence-electron chi connectivity index (χ3n) is 2.71. The number of hydrogen-bond donors (Lipinski definition) is 0. The average molecular weight is 265 g/mol. The van der Waals surface area contributed by atoms with Crippen LogP contribution in [-0.4, -0.2) is 22.6 Å². The van der Waals surface area contributed by atoms with Gasteiger partial charge >= 0.3 is 5.97 Å². The Morgan fingerprint density at radius 2 is 2.39 bits per heavy atom. The summed E-state index contributed by atoms with van der Waals surface area (Å²) in [7, 11) is 1.32. The molecule has 0 spiro atoms. The first-order valence-corrected chi connectivity index (χ1v) is 5.66. The highest BCUT2D eigenvalue weighted by molar-refractivity contribution is 6.30. The summed E-state index contributed by atoms with van der Waals surface area (Å²) in [5, 5.41) is 0.596. The van der Waals surface area contributed by atoms with Crippen LogP contribution >= 0.6 is 11.6 Å². The SMILES string of the molecule is COC(=O)c1cn2c(n1)COc1ccc(Cl)cc1-2. The third-order valence-corrected chi connectivity index (χ3v) is 2.95. The second-order valence-electron chi connectivity index (χ2n) is 3.80. The van der Waals surface area contributed by atoms with E-state index in [9.17, 15) is 4.79 Å². The van der Waals surface area contributed by atoms with Crippen LogP contribution in [0.1, 0.15) is 16.3 Å². The van der Waals surface area contributed by atoms with Gasteiger partial charge in [0.1, 0.15) is 12.4 Å². The maximum atomic E-state index is 11.4. The highest BCUT2D eigenvalue weighted by Crippen LogP contribution is 2.32. The first-order chi connectivity index (χ1) is 8.69. The topological polar surface area (TPSA) is 53.4 Å². The zero-order valence-corrected chi connectivity index (χ0v) is 10.3. The quantitative estimate of drug-likeness (QED) is 0.741. The summed E-state index contributed by atoms with van der Waals surface area (Å²) in [6.07, 6.45) is 1.62. The maximum Gasteiger partial charge on any atom is 0.358 e. The number of fused-ring (bicyclic) bond motifs is 3. The van der Waals surface area contributed by atoms with Crippen molar-refractivity contribution in [2.75, 3.05) is 7.11 Å². The first kappa shape index (κ1) is 11.1. The second-order valence-corrected chi connectivity index (χ2v) is 4.24. The van der Waals surface area contributed by atoms with Gasteiger partial charge in [-0.05, 0) is 18.2 Å². The summed E-state index contributed by atoms with van der Waals surface area (Å²) in [5.74, 6) is 0.881. The van der Waals surface area contributed by atoms with E-state index in [-0.39, 0.29) is 5.69 Å². The van der Waals surface area contributed by atoms with Crippen LogP contribution in [0.4, 0.5) is 0 Å². The van der Waals surface area contributed by atoms with Crippen molar-refractivity contribution in [1.29, 1.82) is 0 Å². The minimum atomic E-state index is -0.472. The summed E-state index contributed by atoms with van der Waals surface area (Å²) >= 11 is 5.96. The molecule has 2 heterocycles. The van der Waals surface area contributed by atoms with Gasteiger partial charge in [0, 0.05) is 11.2 Å². The van der Waals surface area contributed by atoms with E-state index in [0.717, 1.165) is 5.69 Å². The number of benzene rings is 1. The number of methoxy groups -OCH3 is 1. The van der Waals surface area contributed by atoms with E-state index >= 15 is 0 Å². The number of halogens is 1. The van der Waals surface area contributed by atoms with Crippen molar-refractivity contribution in [2.24, 2.45) is 0 Å². The Hall–Kier alpha value is -2.01. The molecular weight excluding hydrogens is 256 g/mol. The summed E-state index contributed by atoms with van der Waals surface area (Å²) in [6.45, 7) is 0.311. The molecule has 0 atom stereocenters. The molecule has 0 unspecified atom stereocenters. The number of rotatable bonds is 1. The molecule has 2 aromatic rings. The number of ether oxygens (including phenoxy) is 2. The molecule has 18 heavy (non-hydrogen) atoms. The fourth-order valence-electron chi connectivity index (χ4n) is 1.88. The van der Waals surface area contributed by atoms with Gasteiger partial charge in [-0.25, -0.2) is 9.78 Å². The Bertz CT molecular complexity index is 636. The number of nitrogens with zero attached hydrogens (tertiary/aromatic N) is 2. The Kier molecular flexibility index (Phi) is 2.48. The van der Waals surface area contributed by atoms with Gasteiger partial charge in [-0.15, -0.1) is 0 Å². The van der Waals surface area contributed by atoms with Gasteiger partial charge in [-0.3, -0.25) is 4.57 Å². The minimum Gasteiger partial charge on any atom is -0.483 e. The Morgan fingerprint density at radius 3 is 3.17 bits per heavy atom. The number of esters is 1. The van der Waals surface area contributed by atoms with Crippen molar-refractivity contribution in [3.05, 3.63) is 40.9 Å². The van der Waals surface area contributed by atoms with Gasteiger partial charge in [-0.2, -0.15) is 0 Å². The van der Waals surface area contributed by atoms with E-state index in [1.165, 1.54) is 7.11 Å². The molecule has 0 saturated heterocycles. The second kappa shape index (κ2) is 4.03. The van der Waals surface area contributed by atoms with Gasteiger partial charge < -0.3 is 9.47 Å². The molecule has 1 aromatic heterocycles. The predicted molar refractivity (Wildman–Crippen MR) is 64.2 cm³/mol. The predicted octanol–water partition coefficient (Wildman–Crippen LogP) is 2.20. The molecule has 0 radical (unpaired) electrons. The summed E-state index contributed by atoms with van der Waals surface area (Å²) in [6, 6.07) is 5.31. The monoisotopic (exact) mass is 264 g/mol. The largest absolute Gasteiger partial charge is 0.483 e. The summed E-state index contributed by atoms with van der Waals surface area (Å²) in [5.41, 5.74) is 1.02. The number of aromatic nitrogens is 2. The molecule has 5 nitrogen and oxygen atoms in total. The smallest absolute Gasteiger partial charge is 0.358 e. The van der Waals surface area contributed by atoms with E-state index in [1.54, 1.807) is 29.0 Å². The van der Waals surface area contributed by atoms with Crippen molar-refractivity contribution in [1.82, 2.24) is 9.55 Å². The molecule has 1 aromatic carbocycles. The molecule has 0 N–H and O–H groups in total. The zero-order chi connectivity index (χ0) is 12.7. The lowest BCUT2D eigenvalue weighted by Gasteiger charge is -2.19. The first-order valence-electron chi connectivity index (χ1n) is 5.28. The number of imidazole rings is 1. The standard InChI is InChI=1S/C12H9ClN2O3/c1-17-12(16)8-5-15-9-4-7(13)2-3-10(9)18-6-11(15)14-8/h2-5H,6H2,1H3. The van der Waals surface area contributed by atoms with Crippen molar-refractivity contribution >= 4 is 17.6 Å². The zero-order valence-electron chi connectivity index (χ0n) is 9.51. The van der Waals surface area contributed by atoms with Gasteiger partial charge in [0.25, 0.3) is 0 Å². The molecule has 3 rings (SSSR count). The van der Waals surface area contributed by atoms with Gasteiger partial charge in [0.05, 0.1) is 12.8 Å². The van der Waals surface area contributed by atoms with Crippen LogP contribution in [0, 0.1) is 0 Å². The number of hydrogen-bond acceptors (Lipinski definition) is 4. The molecular formula is C12H9ClN2O3. The molecule has 0 fully saturated rings. The highest BCUT2D eigenvalue weighted by Gasteiger charge is 2.22. The van der Waals surface area contributed by atoms with Crippen LogP contribution in [0.5, 0.6) is 5.75 Å². The van der Waals surface area contributed by atoms with E-state index in [4.69, 9.17) is 16.3 Å². The molecule has 0 saturated carbocycles.